The molecule has 3 aromatic heterocycles. The molecule has 0 unspecified atom stereocenters. The summed E-state index contributed by atoms with van der Waals surface area (Å²) >= 11 is 7.56. The van der Waals surface area contributed by atoms with Crippen molar-refractivity contribution in [1.82, 2.24) is 19.0 Å². The molecule has 0 atom stereocenters. The molecule has 0 fully saturated rings. The van der Waals surface area contributed by atoms with E-state index in [4.69, 9.17) is 11.6 Å². The normalized spacial score (nSPS) is 11.9. The van der Waals surface area contributed by atoms with Crippen LogP contribution in [-0.2, 0) is 0 Å². The molecule has 0 aliphatic heterocycles. The van der Waals surface area contributed by atoms with Gasteiger partial charge in [-0.1, -0.05) is 23.7 Å². The van der Waals surface area contributed by atoms with Crippen LogP contribution in [0, 0.1) is 0 Å². The minimum atomic E-state index is -0.232. The second kappa shape index (κ2) is 5.04. The highest BCUT2D eigenvalue weighted by Crippen LogP contribution is 2.19. The maximum absolute atomic E-state index is 12.3. The zero-order chi connectivity index (χ0) is 15.1. The van der Waals surface area contributed by atoms with Gasteiger partial charge >= 0.3 is 0 Å². The van der Waals surface area contributed by atoms with Gasteiger partial charge in [0.25, 0.3) is 5.56 Å². The Labute approximate surface area is 132 Å². The summed E-state index contributed by atoms with van der Waals surface area (Å²) in [4.78, 5) is 21.5. The number of nitrogens with zero attached hydrogens (tertiary/aromatic N) is 5. The first-order valence-electron chi connectivity index (χ1n) is 6.36. The minimum Gasteiger partial charge on any atom is -0.288 e. The summed E-state index contributed by atoms with van der Waals surface area (Å²) in [6, 6.07) is 7.14. The minimum absolute atomic E-state index is 0.232. The summed E-state index contributed by atoms with van der Waals surface area (Å²) in [7, 11) is 0. The van der Waals surface area contributed by atoms with Crippen molar-refractivity contribution in [3.63, 3.8) is 0 Å². The van der Waals surface area contributed by atoms with Gasteiger partial charge < -0.3 is 0 Å². The second-order valence-corrected chi connectivity index (χ2v) is 5.73. The number of fused-ring (bicyclic) bond motifs is 2. The fourth-order valence-electron chi connectivity index (χ4n) is 2.15. The molecular formula is C14H8ClN5OS. The van der Waals surface area contributed by atoms with E-state index in [1.807, 2.05) is 22.0 Å². The fourth-order valence-corrected chi connectivity index (χ4v) is 3.14. The Balaban J connectivity index is 1.83. The van der Waals surface area contributed by atoms with Crippen LogP contribution in [0.15, 0.2) is 52.1 Å². The van der Waals surface area contributed by atoms with Gasteiger partial charge in [-0.3, -0.25) is 9.20 Å². The maximum atomic E-state index is 12.3. The van der Waals surface area contributed by atoms with E-state index in [2.05, 4.69) is 15.1 Å². The highest BCUT2D eigenvalue weighted by Gasteiger charge is 2.09. The van der Waals surface area contributed by atoms with E-state index in [-0.39, 0.29) is 5.56 Å². The molecule has 4 rings (SSSR count). The summed E-state index contributed by atoms with van der Waals surface area (Å²) in [5.74, 6) is 0. The molecular weight excluding hydrogens is 322 g/mol. The standard InChI is InChI=1S/C14H8ClN5OS/c15-12-11(19-5-6-22-14(19)18-12)7-17-20-8-16-10-4-2-1-3-9(10)13(20)21/h1-8H/b17-7+. The van der Waals surface area contributed by atoms with E-state index in [1.165, 1.54) is 28.6 Å². The molecule has 1 aromatic carbocycles. The van der Waals surface area contributed by atoms with Crippen molar-refractivity contribution in [3.05, 3.63) is 63.4 Å². The predicted molar refractivity (Wildman–Crippen MR) is 87.1 cm³/mol. The molecule has 0 radical (unpaired) electrons. The van der Waals surface area contributed by atoms with Gasteiger partial charge in [-0.15, -0.1) is 11.3 Å². The van der Waals surface area contributed by atoms with Crippen LogP contribution >= 0.6 is 22.9 Å². The molecule has 8 heteroatoms. The number of halogens is 1. The fraction of sp³-hybridized carbons (Fsp3) is 0. The topological polar surface area (TPSA) is 64.5 Å². The maximum Gasteiger partial charge on any atom is 0.281 e. The lowest BCUT2D eigenvalue weighted by Gasteiger charge is -2.00. The zero-order valence-corrected chi connectivity index (χ0v) is 12.6. The number of hydrogen-bond donors (Lipinski definition) is 0. The van der Waals surface area contributed by atoms with Gasteiger partial charge in [-0.2, -0.15) is 9.78 Å². The molecule has 0 aliphatic carbocycles. The number of thiazole rings is 1. The summed E-state index contributed by atoms with van der Waals surface area (Å²) in [6.45, 7) is 0. The lowest BCUT2D eigenvalue weighted by molar-refractivity contribution is 0.816. The van der Waals surface area contributed by atoms with E-state index in [9.17, 15) is 4.79 Å². The van der Waals surface area contributed by atoms with Gasteiger partial charge in [0.05, 0.1) is 17.1 Å². The van der Waals surface area contributed by atoms with Crippen LogP contribution in [0.2, 0.25) is 5.15 Å². The lowest BCUT2D eigenvalue weighted by Crippen LogP contribution is -2.17. The van der Waals surface area contributed by atoms with Crippen LogP contribution in [0.25, 0.3) is 15.9 Å². The highest BCUT2D eigenvalue weighted by molar-refractivity contribution is 7.15. The molecule has 108 valence electrons. The van der Waals surface area contributed by atoms with Crippen LogP contribution in [0.3, 0.4) is 0 Å². The van der Waals surface area contributed by atoms with E-state index in [1.54, 1.807) is 18.2 Å². The lowest BCUT2D eigenvalue weighted by atomic mass is 10.2. The van der Waals surface area contributed by atoms with Crippen molar-refractivity contribution < 1.29 is 0 Å². The van der Waals surface area contributed by atoms with Gasteiger partial charge in [0.1, 0.15) is 12.0 Å². The molecule has 6 nitrogen and oxygen atoms in total. The third-order valence-electron chi connectivity index (χ3n) is 3.21. The van der Waals surface area contributed by atoms with E-state index < -0.39 is 0 Å². The van der Waals surface area contributed by atoms with Gasteiger partial charge in [-0.25, -0.2) is 9.97 Å². The summed E-state index contributed by atoms with van der Waals surface area (Å²) in [6.07, 6.45) is 4.75. The summed E-state index contributed by atoms with van der Waals surface area (Å²) < 4.78 is 3.00. The van der Waals surface area contributed by atoms with Crippen molar-refractivity contribution in [2.45, 2.75) is 0 Å². The first-order chi connectivity index (χ1) is 10.7. The average Bonchev–Trinajstić information content (AvgIpc) is 3.08. The predicted octanol–water partition coefficient (Wildman–Crippen LogP) is 2.64. The quantitative estimate of drug-likeness (QED) is 0.531. The molecule has 0 aliphatic rings. The van der Waals surface area contributed by atoms with Crippen LogP contribution in [0.1, 0.15) is 5.69 Å². The Hall–Kier alpha value is -2.51. The van der Waals surface area contributed by atoms with Gasteiger partial charge in [0.15, 0.2) is 10.1 Å². The molecule has 0 saturated carbocycles. The molecule has 22 heavy (non-hydrogen) atoms. The highest BCUT2D eigenvalue weighted by atomic mass is 35.5. The number of hydrogen-bond acceptors (Lipinski definition) is 5. The molecule has 0 saturated heterocycles. The van der Waals surface area contributed by atoms with Gasteiger partial charge in [0, 0.05) is 11.6 Å². The SMILES string of the molecule is O=c1c2ccccc2ncn1/N=C/c1c(Cl)nc2sccn12. The third kappa shape index (κ3) is 2.02. The number of benzene rings is 1. The van der Waals surface area contributed by atoms with Crippen molar-refractivity contribution in [2.75, 3.05) is 0 Å². The smallest absolute Gasteiger partial charge is 0.281 e. The summed E-state index contributed by atoms with van der Waals surface area (Å²) in [5.41, 5.74) is 1.03. The third-order valence-corrected chi connectivity index (χ3v) is 4.24. The molecule has 0 N–H and O–H groups in total. The Kier molecular flexibility index (Phi) is 3.02. The Bertz CT molecular complexity index is 1080. The molecule has 3 heterocycles. The molecule has 4 aromatic rings. The van der Waals surface area contributed by atoms with Crippen molar-refractivity contribution in [2.24, 2.45) is 5.10 Å². The average molecular weight is 330 g/mol. The monoisotopic (exact) mass is 329 g/mol. The van der Waals surface area contributed by atoms with E-state index >= 15 is 0 Å². The molecule has 0 bridgehead atoms. The molecule has 0 spiro atoms. The van der Waals surface area contributed by atoms with Crippen LogP contribution in [-0.4, -0.2) is 25.3 Å². The van der Waals surface area contributed by atoms with E-state index in [0.29, 0.717) is 21.7 Å². The Morgan fingerprint density at radius 3 is 3.09 bits per heavy atom. The molecule has 0 amide bonds. The first-order valence-corrected chi connectivity index (χ1v) is 7.61. The summed E-state index contributed by atoms with van der Waals surface area (Å²) in [5, 5.41) is 6.93. The Morgan fingerprint density at radius 2 is 2.18 bits per heavy atom. The van der Waals surface area contributed by atoms with Crippen molar-refractivity contribution in [1.29, 1.82) is 0 Å². The largest absolute Gasteiger partial charge is 0.288 e. The van der Waals surface area contributed by atoms with Gasteiger partial charge in [0.2, 0.25) is 0 Å². The van der Waals surface area contributed by atoms with Crippen molar-refractivity contribution in [3.8, 4) is 0 Å². The zero-order valence-electron chi connectivity index (χ0n) is 11.0. The van der Waals surface area contributed by atoms with Gasteiger partial charge in [-0.05, 0) is 12.1 Å². The number of aromatic nitrogens is 4. The number of imidazole rings is 1. The van der Waals surface area contributed by atoms with Crippen LogP contribution < -0.4 is 5.56 Å². The van der Waals surface area contributed by atoms with Crippen LogP contribution in [0.5, 0.6) is 0 Å². The first kappa shape index (κ1) is 13.2. The van der Waals surface area contributed by atoms with Crippen LogP contribution in [0.4, 0.5) is 0 Å². The number of rotatable bonds is 2. The van der Waals surface area contributed by atoms with Crippen molar-refractivity contribution >= 4 is 45.0 Å². The number of para-hydroxylation sites is 1. The second-order valence-electron chi connectivity index (χ2n) is 4.50. The van der Waals surface area contributed by atoms with E-state index in [0.717, 1.165) is 4.96 Å². The Morgan fingerprint density at radius 1 is 1.32 bits per heavy atom.